The first-order valence-corrected chi connectivity index (χ1v) is 6.04. The van der Waals surface area contributed by atoms with Gasteiger partial charge in [0.05, 0.1) is 5.02 Å². The summed E-state index contributed by atoms with van der Waals surface area (Å²) in [7, 11) is 0. The third kappa shape index (κ3) is 3.76. The van der Waals surface area contributed by atoms with Crippen molar-refractivity contribution >= 4 is 29.1 Å². The highest BCUT2D eigenvalue weighted by atomic mass is 35.5. The van der Waals surface area contributed by atoms with Gasteiger partial charge in [0.1, 0.15) is 5.82 Å². The minimum atomic E-state index is -0.375. The Morgan fingerprint density at radius 3 is 2.93 bits per heavy atom. The quantitative estimate of drug-likeness (QED) is 0.780. The minimum Gasteiger partial charge on any atom is -0.384 e. The van der Waals surface area contributed by atoms with Gasteiger partial charge in [0.15, 0.2) is 0 Å². The topological polar surface area (TPSA) is 12.0 Å². The van der Waals surface area contributed by atoms with Crippen LogP contribution in [0, 0.1) is 5.82 Å². The van der Waals surface area contributed by atoms with Crippen LogP contribution in [0.25, 0.3) is 0 Å². The number of hydrogen-bond acceptors (Lipinski definition) is 2. The summed E-state index contributed by atoms with van der Waals surface area (Å²) >= 11 is 7.41. The van der Waals surface area contributed by atoms with Crippen molar-refractivity contribution in [3.8, 4) is 0 Å². The highest BCUT2D eigenvalue weighted by Crippen LogP contribution is 2.18. The van der Waals surface area contributed by atoms with Crippen LogP contribution in [-0.2, 0) is 0 Å². The summed E-state index contributed by atoms with van der Waals surface area (Å²) in [6, 6.07) is 4.76. The number of anilines is 1. The lowest BCUT2D eigenvalue weighted by molar-refractivity contribution is 0.628. The van der Waals surface area contributed by atoms with Crippen molar-refractivity contribution in [3.05, 3.63) is 29.0 Å². The zero-order valence-electron chi connectivity index (χ0n) is 8.02. The molecule has 1 aromatic rings. The van der Waals surface area contributed by atoms with Gasteiger partial charge in [-0.3, -0.25) is 0 Å². The van der Waals surface area contributed by atoms with Gasteiger partial charge in [-0.2, -0.15) is 11.8 Å². The van der Waals surface area contributed by atoms with Gasteiger partial charge in [-0.05, 0) is 24.0 Å². The van der Waals surface area contributed by atoms with Gasteiger partial charge in [-0.15, -0.1) is 0 Å². The molecule has 4 heteroatoms. The normalized spacial score (nSPS) is 10.2. The molecular weight excluding hydrogens is 221 g/mol. The van der Waals surface area contributed by atoms with E-state index >= 15 is 0 Å². The third-order valence-electron chi connectivity index (χ3n) is 1.70. The van der Waals surface area contributed by atoms with Gasteiger partial charge in [0.2, 0.25) is 0 Å². The minimum absolute atomic E-state index is 0.165. The van der Waals surface area contributed by atoms with Crippen molar-refractivity contribution in [2.45, 2.75) is 6.92 Å². The van der Waals surface area contributed by atoms with Gasteiger partial charge in [0.25, 0.3) is 0 Å². The van der Waals surface area contributed by atoms with Crippen molar-refractivity contribution in [3.63, 3.8) is 0 Å². The molecular formula is C10H13ClFNS. The zero-order chi connectivity index (χ0) is 10.4. The molecule has 0 aromatic heterocycles. The summed E-state index contributed by atoms with van der Waals surface area (Å²) in [4.78, 5) is 0. The standard InChI is InChI=1S/C10H13ClFNS/c1-2-14-6-5-13-8-3-4-9(11)10(12)7-8/h3-4,7,13H,2,5-6H2,1H3. The van der Waals surface area contributed by atoms with Gasteiger partial charge in [-0.1, -0.05) is 18.5 Å². The molecule has 1 rings (SSSR count). The molecule has 0 radical (unpaired) electrons. The zero-order valence-corrected chi connectivity index (χ0v) is 9.59. The molecule has 0 aliphatic heterocycles. The Hall–Kier alpha value is -0.410. The Morgan fingerprint density at radius 2 is 2.29 bits per heavy atom. The molecule has 1 aromatic carbocycles. The van der Waals surface area contributed by atoms with Crippen LogP contribution in [0.15, 0.2) is 18.2 Å². The van der Waals surface area contributed by atoms with Crippen LogP contribution in [0.2, 0.25) is 5.02 Å². The number of rotatable bonds is 5. The Balaban J connectivity index is 2.39. The summed E-state index contributed by atoms with van der Waals surface area (Å²) in [6.07, 6.45) is 0. The molecule has 0 aliphatic rings. The Morgan fingerprint density at radius 1 is 1.50 bits per heavy atom. The maximum atomic E-state index is 13.0. The lowest BCUT2D eigenvalue weighted by Gasteiger charge is -2.05. The first kappa shape index (κ1) is 11.7. The third-order valence-corrected chi connectivity index (χ3v) is 2.91. The van der Waals surface area contributed by atoms with E-state index in [9.17, 15) is 4.39 Å². The summed E-state index contributed by atoms with van der Waals surface area (Å²) in [6.45, 7) is 2.96. The van der Waals surface area contributed by atoms with E-state index < -0.39 is 0 Å². The van der Waals surface area contributed by atoms with E-state index in [4.69, 9.17) is 11.6 Å². The maximum absolute atomic E-state index is 13.0. The van der Waals surface area contributed by atoms with E-state index in [2.05, 4.69) is 12.2 Å². The summed E-state index contributed by atoms with van der Waals surface area (Å²) in [5.74, 6) is 1.76. The van der Waals surface area contributed by atoms with Gasteiger partial charge in [0, 0.05) is 18.0 Å². The monoisotopic (exact) mass is 233 g/mol. The maximum Gasteiger partial charge on any atom is 0.143 e. The van der Waals surface area contributed by atoms with Crippen molar-refractivity contribution in [1.29, 1.82) is 0 Å². The van der Waals surface area contributed by atoms with Crippen molar-refractivity contribution in [1.82, 2.24) is 0 Å². The van der Waals surface area contributed by atoms with E-state index in [0.29, 0.717) is 0 Å². The van der Waals surface area contributed by atoms with E-state index in [-0.39, 0.29) is 10.8 Å². The Bertz CT molecular complexity index is 293. The van der Waals surface area contributed by atoms with Gasteiger partial charge < -0.3 is 5.32 Å². The van der Waals surface area contributed by atoms with Crippen LogP contribution in [0.3, 0.4) is 0 Å². The molecule has 78 valence electrons. The molecule has 0 saturated heterocycles. The fourth-order valence-corrected chi connectivity index (χ4v) is 1.67. The molecule has 0 spiro atoms. The molecule has 0 fully saturated rings. The largest absolute Gasteiger partial charge is 0.384 e. The van der Waals surface area contributed by atoms with Crippen molar-refractivity contribution in [2.75, 3.05) is 23.4 Å². The fourth-order valence-electron chi connectivity index (χ4n) is 1.02. The number of nitrogens with one attached hydrogen (secondary N) is 1. The predicted octanol–water partition coefficient (Wildman–Crippen LogP) is 3.64. The van der Waals surface area contributed by atoms with E-state index in [1.165, 1.54) is 6.07 Å². The smallest absolute Gasteiger partial charge is 0.143 e. The SMILES string of the molecule is CCSCCNc1ccc(Cl)c(F)c1. The molecule has 0 heterocycles. The van der Waals surface area contributed by atoms with Crippen LogP contribution < -0.4 is 5.32 Å². The summed E-state index contributed by atoms with van der Waals surface area (Å²) < 4.78 is 13.0. The van der Waals surface area contributed by atoms with Crippen LogP contribution in [0.5, 0.6) is 0 Å². The molecule has 1 nitrogen and oxygen atoms in total. The first-order valence-electron chi connectivity index (χ1n) is 4.50. The van der Waals surface area contributed by atoms with Gasteiger partial charge in [-0.25, -0.2) is 4.39 Å². The fraction of sp³-hybridized carbons (Fsp3) is 0.400. The second kappa shape index (κ2) is 6.14. The van der Waals surface area contributed by atoms with E-state index in [1.807, 2.05) is 11.8 Å². The molecule has 0 atom stereocenters. The second-order valence-electron chi connectivity index (χ2n) is 2.75. The second-order valence-corrected chi connectivity index (χ2v) is 4.55. The molecule has 0 aliphatic carbocycles. The summed E-state index contributed by atoms with van der Waals surface area (Å²) in [5.41, 5.74) is 0.781. The Labute approximate surface area is 93.0 Å². The average molecular weight is 234 g/mol. The molecule has 0 unspecified atom stereocenters. The predicted molar refractivity (Wildman–Crippen MR) is 62.9 cm³/mol. The van der Waals surface area contributed by atoms with Crippen molar-refractivity contribution in [2.24, 2.45) is 0 Å². The highest BCUT2D eigenvalue weighted by Gasteiger charge is 1.99. The molecule has 0 saturated carbocycles. The number of halogens is 2. The van der Waals surface area contributed by atoms with Crippen LogP contribution in [0.4, 0.5) is 10.1 Å². The number of thioether (sulfide) groups is 1. The number of hydrogen-bond donors (Lipinski definition) is 1. The molecule has 14 heavy (non-hydrogen) atoms. The van der Waals surface area contributed by atoms with Gasteiger partial charge >= 0.3 is 0 Å². The number of benzene rings is 1. The van der Waals surface area contributed by atoms with Crippen LogP contribution in [-0.4, -0.2) is 18.1 Å². The lowest BCUT2D eigenvalue weighted by atomic mass is 10.3. The molecule has 0 amide bonds. The van der Waals surface area contributed by atoms with Crippen LogP contribution >= 0.6 is 23.4 Å². The molecule has 1 N–H and O–H groups in total. The first-order chi connectivity index (χ1) is 6.74. The van der Waals surface area contributed by atoms with E-state index in [1.54, 1.807) is 12.1 Å². The summed E-state index contributed by atoms with van der Waals surface area (Å²) in [5, 5.41) is 3.29. The lowest BCUT2D eigenvalue weighted by Crippen LogP contribution is -2.04. The average Bonchev–Trinajstić information content (AvgIpc) is 2.18. The Kier molecular flexibility index (Phi) is 5.12. The van der Waals surface area contributed by atoms with Crippen molar-refractivity contribution < 1.29 is 4.39 Å². The molecule has 0 bridgehead atoms. The van der Waals surface area contributed by atoms with Crippen LogP contribution in [0.1, 0.15) is 6.92 Å². The highest BCUT2D eigenvalue weighted by molar-refractivity contribution is 7.99. The van der Waals surface area contributed by atoms with E-state index in [0.717, 1.165) is 23.7 Å².